The van der Waals surface area contributed by atoms with Crippen LogP contribution >= 0.6 is 0 Å². The van der Waals surface area contributed by atoms with Crippen LogP contribution in [-0.2, 0) is 4.79 Å². The van der Waals surface area contributed by atoms with Crippen LogP contribution in [0.2, 0.25) is 29.6 Å². The molecule has 21 heavy (non-hydrogen) atoms. The summed E-state index contributed by atoms with van der Waals surface area (Å²) >= 11 is -4.54. The van der Waals surface area contributed by atoms with E-state index in [-0.39, 0.29) is 11.8 Å². The molecule has 0 aliphatic rings. The predicted molar refractivity (Wildman–Crippen MR) is 92.4 cm³/mol. The third kappa shape index (κ3) is 5.92. The summed E-state index contributed by atoms with van der Waals surface area (Å²) in [5.41, 5.74) is 0.693. The summed E-state index contributed by atoms with van der Waals surface area (Å²) in [7, 11) is 0. The van der Waals surface area contributed by atoms with Crippen molar-refractivity contribution >= 4 is 48.8 Å². The number of esters is 1. The number of rotatable bonds is 4. The molecule has 0 fully saturated rings. The van der Waals surface area contributed by atoms with Crippen molar-refractivity contribution in [3.63, 3.8) is 0 Å². The molecule has 1 aromatic rings. The summed E-state index contributed by atoms with van der Waals surface area (Å²) in [5.74, 6) is -0.228. The summed E-state index contributed by atoms with van der Waals surface area (Å²) in [6, 6.07) is 4.33. The van der Waals surface area contributed by atoms with Crippen molar-refractivity contribution in [1.29, 1.82) is 0 Å². The molecule has 116 valence electrons. The van der Waals surface area contributed by atoms with Gasteiger partial charge in [0.15, 0.2) is 0 Å². The first-order valence-electron chi connectivity index (χ1n) is 7.12. The Balaban J connectivity index is 3.46. The van der Waals surface area contributed by atoms with Crippen LogP contribution in [0.25, 0.3) is 6.08 Å². The molecule has 0 N–H and O–H groups in total. The molecule has 1 rings (SSSR count). The summed E-state index contributed by atoms with van der Waals surface area (Å²) in [6.45, 7) is 1.36. The minimum absolute atomic E-state index is 0.301. The average Bonchev–Trinajstić information content (AvgIpc) is 2.25. The Labute approximate surface area is 135 Å². The van der Waals surface area contributed by atoms with Gasteiger partial charge in [0, 0.05) is 0 Å². The number of benzene rings is 1. The van der Waals surface area contributed by atoms with E-state index in [1.54, 1.807) is 1.60 Å². The monoisotopic (exact) mass is 508 g/mol. The Kier molecular flexibility index (Phi) is 6.36. The van der Waals surface area contributed by atoms with Gasteiger partial charge in [-0.05, 0) is 0 Å². The second-order valence-electron chi connectivity index (χ2n) is 7.33. The molecule has 0 atom stereocenters. The molecule has 0 amide bonds. The zero-order valence-corrected chi connectivity index (χ0v) is 19.7. The second-order valence-corrected chi connectivity index (χ2v) is 40.2. The maximum absolute atomic E-state index is 13.6. The molecule has 0 saturated carbocycles. The minimum atomic E-state index is -2.27. The molecule has 0 saturated heterocycles. The molecule has 0 aromatic heterocycles. The third-order valence-electron chi connectivity index (χ3n) is 3.14. The number of halogens is 1. The molecule has 0 unspecified atom stereocenters. The summed E-state index contributed by atoms with van der Waals surface area (Å²) in [5, 5.41) is 0. The molecule has 0 aliphatic heterocycles. The van der Waals surface area contributed by atoms with Gasteiger partial charge in [0.05, 0.1) is 0 Å². The fourth-order valence-corrected chi connectivity index (χ4v) is 55.5. The van der Waals surface area contributed by atoms with E-state index in [0.29, 0.717) is 11.3 Å². The Bertz CT molecular complexity index is 551. The Morgan fingerprint density at radius 3 is 2.05 bits per heavy atom. The van der Waals surface area contributed by atoms with Gasteiger partial charge in [-0.3, -0.25) is 0 Å². The maximum atomic E-state index is 13.6. The molecule has 0 spiro atoms. The average molecular weight is 506 g/mol. The zero-order valence-electron chi connectivity index (χ0n) is 14.0. The van der Waals surface area contributed by atoms with Crippen molar-refractivity contribution in [3.8, 4) is 5.75 Å². The third-order valence-corrected chi connectivity index (χ3v) is 41.9. The van der Waals surface area contributed by atoms with Gasteiger partial charge < -0.3 is 0 Å². The van der Waals surface area contributed by atoms with Crippen LogP contribution in [-0.4, -0.2) is 42.7 Å². The number of hydrogen-bond acceptors (Lipinski definition) is 2. The van der Waals surface area contributed by atoms with E-state index in [2.05, 4.69) is 35.7 Å². The standard InChI is InChI=1S/C10H7FO2.6CH3.2Sn/c1-3-8-6-9(11)4-5-10(8)13-7(2)12;;;;;;;;/h3-6H,2H3;6*1H3;;. The molecule has 0 aliphatic carbocycles. The molecule has 5 heteroatoms. The normalized spacial score (nSPS) is 12.0. The first kappa shape index (κ1) is 19.0. The van der Waals surface area contributed by atoms with E-state index in [1.807, 2.05) is 0 Å². The van der Waals surface area contributed by atoms with Crippen molar-refractivity contribution in [2.75, 3.05) is 0 Å². The Hall–Kier alpha value is -0.0426. The van der Waals surface area contributed by atoms with Gasteiger partial charge in [-0.15, -0.1) is 0 Å². The Morgan fingerprint density at radius 2 is 1.62 bits per heavy atom. The summed E-state index contributed by atoms with van der Waals surface area (Å²) < 4.78 is 20.4. The van der Waals surface area contributed by atoms with Gasteiger partial charge in [-0.2, -0.15) is 0 Å². The van der Waals surface area contributed by atoms with E-state index >= 15 is 0 Å². The zero-order chi connectivity index (χ0) is 16.4. The van der Waals surface area contributed by atoms with Crippen molar-refractivity contribution in [2.45, 2.75) is 36.6 Å². The summed E-state index contributed by atoms with van der Waals surface area (Å²) in [6.07, 6.45) is 2.12. The van der Waals surface area contributed by atoms with Gasteiger partial charge in [-0.25, -0.2) is 0 Å². The fourth-order valence-electron chi connectivity index (χ4n) is 2.59. The van der Waals surface area contributed by atoms with Crippen molar-refractivity contribution < 1.29 is 13.9 Å². The van der Waals surface area contributed by atoms with Crippen molar-refractivity contribution in [3.05, 3.63) is 31.2 Å². The fraction of sp³-hybridized carbons (Fsp3) is 0.438. The van der Waals surface area contributed by atoms with E-state index < -0.39 is 36.8 Å². The van der Waals surface area contributed by atoms with Crippen LogP contribution in [0.1, 0.15) is 12.5 Å². The SMILES string of the molecule is CC(=O)Oc1ccc(F)cc1C=[C]([Sn]([CH3])([CH3])[CH3])[Sn]([CH3])([CH3])[CH3]. The van der Waals surface area contributed by atoms with Gasteiger partial charge >= 0.3 is 136 Å². The molecule has 0 radical (unpaired) electrons. The van der Waals surface area contributed by atoms with Crippen molar-refractivity contribution in [2.24, 2.45) is 0 Å². The molecular formula is C16H25FO2Sn2. The van der Waals surface area contributed by atoms with Gasteiger partial charge in [0.1, 0.15) is 0 Å². The molecule has 1 aromatic carbocycles. The quantitative estimate of drug-likeness (QED) is 0.331. The van der Waals surface area contributed by atoms with Crippen LogP contribution in [0.5, 0.6) is 5.75 Å². The van der Waals surface area contributed by atoms with E-state index in [4.69, 9.17) is 4.74 Å². The summed E-state index contributed by atoms with van der Waals surface area (Å²) in [4.78, 5) is 25.5. The van der Waals surface area contributed by atoms with Gasteiger partial charge in [0.2, 0.25) is 0 Å². The predicted octanol–water partition coefficient (Wildman–Crippen LogP) is 4.89. The number of hydrogen-bond donors (Lipinski definition) is 0. The number of carbonyl (C=O) groups is 1. The topological polar surface area (TPSA) is 26.3 Å². The molecule has 0 bridgehead atoms. The first-order chi connectivity index (χ1) is 9.41. The molecule has 0 heterocycles. The van der Waals surface area contributed by atoms with Crippen LogP contribution in [0.15, 0.2) is 19.8 Å². The van der Waals surface area contributed by atoms with E-state index in [0.717, 1.165) is 0 Å². The van der Waals surface area contributed by atoms with E-state index in [1.165, 1.54) is 25.1 Å². The number of carbonyl (C=O) groups excluding carboxylic acids is 1. The van der Waals surface area contributed by atoms with Gasteiger partial charge in [-0.1, -0.05) is 0 Å². The van der Waals surface area contributed by atoms with Crippen LogP contribution < -0.4 is 4.74 Å². The van der Waals surface area contributed by atoms with Crippen molar-refractivity contribution in [1.82, 2.24) is 0 Å². The van der Waals surface area contributed by atoms with Crippen LogP contribution in [0, 0.1) is 5.82 Å². The second kappa shape index (κ2) is 7.02. The first-order valence-corrected chi connectivity index (χ1v) is 27.1. The number of ether oxygens (including phenoxy) is 1. The molecule has 2 nitrogen and oxygen atoms in total. The van der Waals surface area contributed by atoms with Gasteiger partial charge in [0.25, 0.3) is 0 Å². The Morgan fingerprint density at radius 1 is 1.10 bits per heavy atom. The van der Waals surface area contributed by atoms with Crippen LogP contribution in [0.3, 0.4) is 0 Å². The van der Waals surface area contributed by atoms with Crippen LogP contribution in [0.4, 0.5) is 4.39 Å². The van der Waals surface area contributed by atoms with E-state index in [9.17, 15) is 9.18 Å². The molecular weight excluding hydrogens is 481 g/mol.